The van der Waals surface area contributed by atoms with Crippen LogP contribution in [0.1, 0.15) is 37.2 Å². The van der Waals surface area contributed by atoms with Gasteiger partial charge in [-0.3, -0.25) is 9.36 Å². The summed E-state index contributed by atoms with van der Waals surface area (Å²) >= 11 is 7.67. The Kier molecular flexibility index (Phi) is 5.63. The van der Waals surface area contributed by atoms with E-state index < -0.39 is 0 Å². The highest BCUT2D eigenvalue weighted by molar-refractivity contribution is 8.00. The maximum absolute atomic E-state index is 13.2. The van der Waals surface area contributed by atoms with Crippen molar-refractivity contribution < 1.29 is 9.53 Å². The van der Waals surface area contributed by atoms with Crippen molar-refractivity contribution in [2.75, 3.05) is 11.4 Å². The van der Waals surface area contributed by atoms with Crippen LogP contribution in [-0.4, -0.2) is 32.5 Å². The largest absolute Gasteiger partial charge is 0.484 e. The minimum atomic E-state index is -0.259. The molecule has 31 heavy (non-hydrogen) atoms. The van der Waals surface area contributed by atoms with Crippen LogP contribution in [0.2, 0.25) is 5.02 Å². The third-order valence-corrected chi connectivity index (χ3v) is 6.98. The summed E-state index contributed by atoms with van der Waals surface area (Å²) in [5, 5.41) is 9.85. The quantitative estimate of drug-likeness (QED) is 0.474. The van der Waals surface area contributed by atoms with Crippen molar-refractivity contribution in [3.05, 3.63) is 64.9 Å². The van der Waals surface area contributed by atoms with Crippen LogP contribution in [0.15, 0.2) is 53.7 Å². The van der Waals surface area contributed by atoms with Gasteiger partial charge in [-0.25, -0.2) is 0 Å². The van der Waals surface area contributed by atoms with Crippen LogP contribution in [0.3, 0.4) is 0 Å². The minimum Gasteiger partial charge on any atom is -0.484 e. The number of para-hydroxylation sites is 2. The molecular formula is C23H23ClN4O2S. The smallest absolute Gasteiger partial charge is 0.240 e. The standard InChI is InChI=1S/C23H23ClN4O2S/c1-15(22(29)27-13-12-16-6-2-4-8-19(16)27)31-23-26-25-21(28(23)17-10-11-17)14-30-20-9-5-3-7-18(20)24/h2-9,15,17H,10-14H2,1H3. The number of ether oxygens (including phenoxy) is 1. The van der Waals surface area contributed by atoms with Gasteiger partial charge in [0.2, 0.25) is 5.91 Å². The average Bonchev–Trinajstić information content (AvgIpc) is 3.40. The van der Waals surface area contributed by atoms with Gasteiger partial charge in [-0.05, 0) is 49.9 Å². The number of hydrogen-bond acceptors (Lipinski definition) is 5. The van der Waals surface area contributed by atoms with Crippen molar-refractivity contribution in [2.45, 2.75) is 49.2 Å². The lowest BCUT2D eigenvalue weighted by Crippen LogP contribution is -2.35. The number of fused-ring (bicyclic) bond motifs is 1. The van der Waals surface area contributed by atoms with E-state index in [4.69, 9.17) is 16.3 Å². The number of thioether (sulfide) groups is 1. The SMILES string of the molecule is CC(Sc1nnc(COc2ccccc2Cl)n1C1CC1)C(=O)N1CCc2ccccc21. The van der Waals surface area contributed by atoms with Gasteiger partial charge in [0.1, 0.15) is 12.4 Å². The van der Waals surface area contributed by atoms with Crippen LogP contribution in [0.25, 0.3) is 0 Å². The molecule has 0 spiro atoms. The summed E-state index contributed by atoms with van der Waals surface area (Å²) in [6.07, 6.45) is 3.08. The lowest BCUT2D eigenvalue weighted by molar-refractivity contribution is -0.117. The van der Waals surface area contributed by atoms with Gasteiger partial charge in [0, 0.05) is 18.3 Å². The molecule has 2 aromatic carbocycles. The monoisotopic (exact) mass is 454 g/mol. The molecular weight excluding hydrogens is 432 g/mol. The van der Waals surface area contributed by atoms with Crippen molar-refractivity contribution >= 4 is 35.0 Å². The Bertz CT molecular complexity index is 1110. The zero-order valence-electron chi connectivity index (χ0n) is 17.2. The van der Waals surface area contributed by atoms with E-state index in [1.54, 1.807) is 6.07 Å². The molecule has 1 unspecified atom stereocenters. The van der Waals surface area contributed by atoms with Gasteiger partial charge in [-0.15, -0.1) is 10.2 Å². The lowest BCUT2D eigenvalue weighted by atomic mass is 10.2. The number of carbonyl (C=O) groups is 1. The summed E-state index contributed by atoms with van der Waals surface area (Å²) < 4.78 is 8.02. The molecule has 0 bridgehead atoms. The number of halogens is 1. The molecule has 0 radical (unpaired) electrons. The van der Waals surface area contributed by atoms with E-state index in [1.165, 1.54) is 17.3 Å². The van der Waals surface area contributed by atoms with E-state index in [-0.39, 0.29) is 17.8 Å². The third-order valence-electron chi connectivity index (χ3n) is 5.62. The fraction of sp³-hybridized carbons (Fsp3) is 0.348. The Morgan fingerprint density at radius 2 is 1.97 bits per heavy atom. The highest BCUT2D eigenvalue weighted by atomic mass is 35.5. The highest BCUT2D eigenvalue weighted by Crippen LogP contribution is 2.40. The van der Waals surface area contributed by atoms with Gasteiger partial charge in [0.25, 0.3) is 0 Å². The van der Waals surface area contributed by atoms with E-state index in [1.807, 2.05) is 48.2 Å². The summed E-state index contributed by atoms with van der Waals surface area (Å²) in [7, 11) is 0. The van der Waals surface area contributed by atoms with Crippen LogP contribution in [0.5, 0.6) is 5.75 Å². The first kappa shape index (κ1) is 20.4. The van der Waals surface area contributed by atoms with Crippen molar-refractivity contribution in [3.63, 3.8) is 0 Å². The molecule has 2 aliphatic rings. The van der Waals surface area contributed by atoms with Gasteiger partial charge in [-0.2, -0.15) is 0 Å². The molecule has 1 aliphatic carbocycles. The second kappa shape index (κ2) is 8.55. The number of amides is 1. The molecule has 3 aromatic rings. The number of aromatic nitrogens is 3. The number of nitrogens with zero attached hydrogens (tertiary/aromatic N) is 4. The molecule has 1 saturated carbocycles. The number of rotatable bonds is 7. The lowest BCUT2D eigenvalue weighted by Gasteiger charge is -2.21. The number of benzene rings is 2. The third kappa shape index (κ3) is 4.16. The molecule has 160 valence electrons. The Morgan fingerprint density at radius 3 is 2.77 bits per heavy atom. The average molecular weight is 455 g/mol. The molecule has 1 amide bonds. The first-order chi connectivity index (χ1) is 15.1. The zero-order valence-corrected chi connectivity index (χ0v) is 18.8. The van der Waals surface area contributed by atoms with Crippen LogP contribution in [0.4, 0.5) is 5.69 Å². The van der Waals surface area contributed by atoms with E-state index in [9.17, 15) is 4.79 Å². The van der Waals surface area contributed by atoms with Crippen molar-refractivity contribution in [1.82, 2.24) is 14.8 Å². The summed E-state index contributed by atoms with van der Waals surface area (Å²) in [4.78, 5) is 15.1. The topological polar surface area (TPSA) is 60.3 Å². The van der Waals surface area contributed by atoms with E-state index in [0.717, 1.165) is 42.5 Å². The van der Waals surface area contributed by atoms with Crippen LogP contribution in [0, 0.1) is 0 Å². The van der Waals surface area contributed by atoms with Gasteiger partial charge in [0.15, 0.2) is 11.0 Å². The predicted octanol–water partition coefficient (Wildman–Crippen LogP) is 4.92. The van der Waals surface area contributed by atoms with Gasteiger partial charge >= 0.3 is 0 Å². The fourth-order valence-corrected chi connectivity index (χ4v) is 5.08. The minimum absolute atomic E-state index is 0.106. The second-order valence-electron chi connectivity index (χ2n) is 7.85. The van der Waals surface area contributed by atoms with Gasteiger partial charge < -0.3 is 9.64 Å². The van der Waals surface area contributed by atoms with Crippen LogP contribution in [-0.2, 0) is 17.8 Å². The zero-order chi connectivity index (χ0) is 21.4. The Labute approximate surface area is 190 Å². The fourth-order valence-electron chi connectivity index (χ4n) is 3.88. The summed E-state index contributed by atoms with van der Waals surface area (Å²) in [5.74, 6) is 1.49. The molecule has 6 nitrogen and oxygen atoms in total. The van der Waals surface area contributed by atoms with Gasteiger partial charge in [0.05, 0.1) is 10.3 Å². The van der Waals surface area contributed by atoms with E-state index >= 15 is 0 Å². The van der Waals surface area contributed by atoms with Crippen molar-refractivity contribution in [3.8, 4) is 5.75 Å². The Balaban J connectivity index is 1.30. The second-order valence-corrected chi connectivity index (χ2v) is 9.56. The molecule has 1 aliphatic heterocycles. The van der Waals surface area contributed by atoms with Crippen molar-refractivity contribution in [1.29, 1.82) is 0 Å². The van der Waals surface area contributed by atoms with Gasteiger partial charge in [-0.1, -0.05) is 53.7 Å². The molecule has 2 heterocycles. The first-order valence-corrected chi connectivity index (χ1v) is 11.7. The Morgan fingerprint density at radius 1 is 1.19 bits per heavy atom. The number of anilines is 1. The van der Waals surface area contributed by atoms with E-state index in [0.29, 0.717) is 16.8 Å². The summed E-state index contributed by atoms with van der Waals surface area (Å²) in [6, 6.07) is 15.9. The molecule has 0 saturated heterocycles. The molecule has 1 aromatic heterocycles. The number of hydrogen-bond donors (Lipinski definition) is 0. The first-order valence-electron chi connectivity index (χ1n) is 10.5. The Hall–Kier alpha value is -2.51. The highest BCUT2D eigenvalue weighted by Gasteiger charge is 2.33. The predicted molar refractivity (Wildman–Crippen MR) is 122 cm³/mol. The molecule has 0 N–H and O–H groups in total. The van der Waals surface area contributed by atoms with Crippen LogP contribution < -0.4 is 9.64 Å². The van der Waals surface area contributed by atoms with Crippen molar-refractivity contribution in [2.24, 2.45) is 0 Å². The van der Waals surface area contributed by atoms with Crippen LogP contribution >= 0.6 is 23.4 Å². The maximum atomic E-state index is 13.2. The summed E-state index contributed by atoms with van der Waals surface area (Å²) in [6.45, 7) is 2.96. The molecule has 8 heteroatoms. The normalized spacial score (nSPS) is 16.3. The maximum Gasteiger partial charge on any atom is 0.240 e. The molecule has 1 fully saturated rings. The molecule has 5 rings (SSSR count). The molecule has 1 atom stereocenters. The summed E-state index contributed by atoms with van der Waals surface area (Å²) in [5.41, 5.74) is 2.26. The van der Waals surface area contributed by atoms with E-state index in [2.05, 4.69) is 20.8 Å². The number of carbonyl (C=O) groups excluding carboxylic acids is 1.